The number of carboxylic acids is 1. The van der Waals surface area contributed by atoms with Crippen LogP contribution in [0.1, 0.15) is 63.0 Å². The van der Waals surface area contributed by atoms with Gasteiger partial charge in [-0.1, -0.05) is 31.0 Å². The average molecular weight is 347 g/mol. The Kier molecular flexibility index (Phi) is 5.71. The number of hydrogen-bond donors (Lipinski definition) is 2. The van der Waals surface area contributed by atoms with Crippen LogP contribution >= 0.6 is 0 Å². The van der Waals surface area contributed by atoms with Crippen molar-refractivity contribution in [3.63, 3.8) is 0 Å². The molecule has 1 unspecified atom stereocenters. The zero-order valence-electron chi connectivity index (χ0n) is 14.4. The quantitative estimate of drug-likeness (QED) is 0.844. The third kappa shape index (κ3) is 4.20. The van der Waals surface area contributed by atoms with E-state index in [1.807, 2.05) is 6.07 Å². The SMILES string of the molecule is O=C(O)C1CCC(C(=O)NC(c2ccccc2F)C2CCCC2)CC1. The molecular formula is C20H26FNO3. The molecule has 2 fully saturated rings. The molecule has 1 amide bonds. The van der Waals surface area contributed by atoms with Gasteiger partial charge < -0.3 is 10.4 Å². The van der Waals surface area contributed by atoms with Gasteiger partial charge in [-0.15, -0.1) is 0 Å². The van der Waals surface area contributed by atoms with Crippen LogP contribution in [0.25, 0.3) is 0 Å². The molecule has 0 bridgehead atoms. The van der Waals surface area contributed by atoms with Gasteiger partial charge in [0.2, 0.25) is 5.91 Å². The Balaban J connectivity index is 1.69. The van der Waals surface area contributed by atoms with Gasteiger partial charge in [0.15, 0.2) is 0 Å². The van der Waals surface area contributed by atoms with Gasteiger partial charge in [-0.2, -0.15) is 0 Å². The summed E-state index contributed by atoms with van der Waals surface area (Å²) < 4.78 is 14.3. The smallest absolute Gasteiger partial charge is 0.306 e. The van der Waals surface area contributed by atoms with Gasteiger partial charge in [0.05, 0.1) is 12.0 Å². The molecule has 0 aliphatic heterocycles. The maximum atomic E-state index is 14.3. The van der Waals surface area contributed by atoms with Crippen molar-refractivity contribution in [2.75, 3.05) is 0 Å². The Bertz CT molecular complexity index is 619. The summed E-state index contributed by atoms with van der Waals surface area (Å²) in [6.07, 6.45) is 6.53. The van der Waals surface area contributed by atoms with Gasteiger partial charge in [-0.05, 0) is 50.5 Å². The minimum Gasteiger partial charge on any atom is -0.481 e. The van der Waals surface area contributed by atoms with Gasteiger partial charge in [0.1, 0.15) is 5.82 Å². The molecule has 25 heavy (non-hydrogen) atoms. The number of carbonyl (C=O) groups is 2. The van der Waals surface area contributed by atoms with E-state index in [4.69, 9.17) is 5.11 Å². The fraction of sp³-hybridized carbons (Fsp3) is 0.600. The molecule has 136 valence electrons. The van der Waals surface area contributed by atoms with E-state index in [1.165, 1.54) is 6.07 Å². The van der Waals surface area contributed by atoms with Crippen LogP contribution in [0.3, 0.4) is 0 Å². The molecule has 2 aliphatic rings. The summed E-state index contributed by atoms with van der Waals surface area (Å²) in [5, 5.41) is 12.2. The predicted octanol–water partition coefficient (Wildman–Crippen LogP) is 4.06. The molecule has 0 heterocycles. The summed E-state index contributed by atoms with van der Waals surface area (Å²) in [4.78, 5) is 23.8. The molecule has 2 aliphatic carbocycles. The number of carbonyl (C=O) groups excluding carboxylic acids is 1. The molecule has 2 saturated carbocycles. The van der Waals surface area contributed by atoms with Crippen LogP contribution in [0.4, 0.5) is 4.39 Å². The molecule has 4 nitrogen and oxygen atoms in total. The number of aliphatic carboxylic acids is 1. The number of halogens is 1. The maximum absolute atomic E-state index is 14.3. The van der Waals surface area contributed by atoms with Crippen molar-refractivity contribution in [2.45, 2.75) is 57.4 Å². The van der Waals surface area contributed by atoms with Gasteiger partial charge in [-0.25, -0.2) is 4.39 Å². The number of nitrogens with one attached hydrogen (secondary N) is 1. The van der Waals surface area contributed by atoms with Crippen molar-refractivity contribution < 1.29 is 19.1 Å². The van der Waals surface area contributed by atoms with Crippen molar-refractivity contribution in [1.29, 1.82) is 0 Å². The third-order valence-corrected chi connectivity index (χ3v) is 5.86. The summed E-state index contributed by atoms with van der Waals surface area (Å²) in [6.45, 7) is 0. The molecule has 2 N–H and O–H groups in total. The molecule has 0 aromatic heterocycles. The number of rotatable bonds is 5. The van der Waals surface area contributed by atoms with Crippen LogP contribution in [-0.4, -0.2) is 17.0 Å². The second kappa shape index (κ2) is 7.98. The van der Waals surface area contributed by atoms with Gasteiger partial charge in [0.25, 0.3) is 0 Å². The maximum Gasteiger partial charge on any atom is 0.306 e. The second-order valence-electron chi connectivity index (χ2n) is 7.44. The van der Waals surface area contributed by atoms with Crippen molar-refractivity contribution in [3.8, 4) is 0 Å². The van der Waals surface area contributed by atoms with Crippen molar-refractivity contribution >= 4 is 11.9 Å². The Morgan fingerprint density at radius 3 is 2.20 bits per heavy atom. The molecule has 1 atom stereocenters. The summed E-state index contributed by atoms with van der Waals surface area (Å²) >= 11 is 0. The van der Waals surface area contributed by atoms with E-state index in [9.17, 15) is 14.0 Å². The number of hydrogen-bond acceptors (Lipinski definition) is 2. The summed E-state index contributed by atoms with van der Waals surface area (Å²) in [5.74, 6) is -1.31. The molecule has 3 rings (SSSR count). The first-order valence-electron chi connectivity index (χ1n) is 9.34. The zero-order chi connectivity index (χ0) is 17.8. The molecular weight excluding hydrogens is 321 g/mol. The Morgan fingerprint density at radius 2 is 1.60 bits per heavy atom. The largest absolute Gasteiger partial charge is 0.481 e. The van der Waals surface area contributed by atoms with Crippen molar-refractivity contribution in [1.82, 2.24) is 5.32 Å². The normalized spacial score (nSPS) is 25.5. The number of benzene rings is 1. The zero-order valence-corrected chi connectivity index (χ0v) is 14.4. The summed E-state index contributed by atoms with van der Waals surface area (Å²) in [6, 6.07) is 6.40. The van der Waals surface area contributed by atoms with Crippen molar-refractivity contribution in [2.24, 2.45) is 17.8 Å². The monoisotopic (exact) mass is 347 g/mol. The lowest BCUT2D eigenvalue weighted by Gasteiger charge is -2.30. The van der Waals surface area contributed by atoms with Crippen LogP contribution in [0, 0.1) is 23.6 Å². The van der Waals surface area contributed by atoms with E-state index in [2.05, 4.69) is 5.32 Å². The lowest BCUT2D eigenvalue weighted by atomic mass is 9.81. The predicted molar refractivity (Wildman–Crippen MR) is 92.3 cm³/mol. The molecule has 0 spiro atoms. The molecule has 1 aromatic carbocycles. The van der Waals surface area contributed by atoms with Crippen molar-refractivity contribution in [3.05, 3.63) is 35.6 Å². The minimum atomic E-state index is -0.769. The third-order valence-electron chi connectivity index (χ3n) is 5.86. The van der Waals surface area contributed by atoms with E-state index in [0.717, 1.165) is 25.7 Å². The first-order valence-corrected chi connectivity index (χ1v) is 9.34. The second-order valence-corrected chi connectivity index (χ2v) is 7.44. The topological polar surface area (TPSA) is 66.4 Å². The molecule has 1 aromatic rings. The molecule has 0 saturated heterocycles. The Morgan fingerprint density at radius 1 is 1.00 bits per heavy atom. The standard InChI is InChI=1S/C20H26FNO3/c21-17-8-4-3-7-16(17)18(13-5-1-2-6-13)22-19(23)14-9-11-15(12-10-14)20(24)25/h3-4,7-8,13-15,18H,1-2,5-6,9-12H2,(H,22,23)(H,24,25). The molecule has 5 heteroatoms. The number of carboxylic acid groups (broad SMARTS) is 1. The van der Waals surface area contributed by atoms with E-state index in [-0.39, 0.29) is 35.5 Å². The summed E-state index contributed by atoms with van der Waals surface area (Å²) in [5.41, 5.74) is 0.571. The van der Waals surface area contributed by atoms with E-state index < -0.39 is 5.97 Å². The highest BCUT2D eigenvalue weighted by molar-refractivity contribution is 5.79. The van der Waals surface area contributed by atoms with Crippen LogP contribution < -0.4 is 5.32 Å². The highest BCUT2D eigenvalue weighted by Crippen LogP contribution is 2.37. The number of amides is 1. The van der Waals surface area contributed by atoms with Gasteiger partial charge in [0, 0.05) is 11.5 Å². The van der Waals surface area contributed by atoms with Gasteiger partial charge in [-0.3, -0.25) is 9.59 Å². The minimum absolute atomic E-state index is 0.0519. The van der Waals surface area contributed by atoms with Crippen LogP contribution in [-0.2, 0) is 9.59 Å². The van der Waals surface area contributed by atoms with Crippen LogP contribution in [0.5, 0.6) is 0 Å². The van der Waals surface area contributed by atoms with E-state index >= 15 is 0 Å². The molecule has 0 radical (unpaired) electrons. The average Bonchev–Trinajstić information content (AvgIpc) is 3.14. The van der Waals surface area contributed by atoms with Crippen LogP contribution in [0.15, 0.2) is 24.3 Å². The Hall–Kier alpha value is -1.91. The summed E-state index contributed by atoms with van der Waals surface area (Å²) in [7, 11) is 0. The highest BCUT2D eigenvalue weighted by atomic mass is 19.1. The van der Waals surface area contributed by atoms with E-state index in [1.54, 1.807) is 12.1 Å². The Labute approximate surface area is 147 Å². The lowest BCUT2D eigenvalue weighted by Crippen LogP contribution is -2.39. The van der Waals surface area contributed by atoms with Crippen LogP contribution in [0.2, 0.25) is 0 Å². The first kappa shape index (κ1) is 17.9. The lowest BCUT2D eigenvalue weighted by molar-refractivity contribution is -0.144. The fourth-order valence-electron chi connectivity index (χ4n) is 4.34. The van der Waals surface area contributed by atoms with Gasteiger partial charge >= 0.3 is 5.97 Å². The fourth-order valence-corrected chi connectivity index (χ4v) is 4.34. The van der Waals surface area contributed by atoms with E-state index in [0.29, 0.717) is 31.2 Å². The first-order chi connectivity index (χ1) is 12.1. The highest BCUT2D eigenvalue weighted by Gasteiger charge is 2.34.